The Bertz CT molecular complexity index is 1290. The van der Waals surface area contributed by atoms with E-state index in [1.54, 1.807) is 18.5 Å². The summed E-state index contributed by atoms with van der Waals surface area (Å²) in [6, 6.07) is 12.1. The Morgan fingerprint density at radius 2 is 1.87 bits per heavy atom. The fourth-order valence-corrected chi connectivity index (χ4v) is 3.96. The van der Waals surface area contributed by atoms with Crippen LogP contribution < -0.4 is 10.9 Å². The number of nitrogens with zero attached hydrogens (tertiary/aromatic N) is 2. The normalized spacial score (nSPS) is 11.2. The SMILES string of the molecule is O=C(Nc1cc(F)c(=O)n(CC(F)F)c1)c1cc2cc(-c3ccncc3)ccc2s1. The molecule has 1 amide bonds. The van der Waals surface area contributed by atoms with E-state index < -0.39 is 30.3 Å². The van der Waals surface area contributed by atoms with Gasteiger partial charge in [0, 0.05) is 29.4 Å². The summed E-state index contributed by atoms with van der Waals surface area (Å²) < 4.78 is 40.4. The summed E-state index contributed by atoms with van der Waals surface area (Å²) >= 11 is 1.24. The molecule has 152 valence electrons. The molecule has 0 aliphatic rings. The molecule has 4 rings (SSSR count). The quantitative estimate of drug-likeness (QED) is 0.497. The average molecular weight is 429 g/mol. The molecule has 0 radical (unpaired) electrons. The Kier molecular flexibility index (Phi) is 5.37. The van der Waals surface area contributed by atoms with Crippen LogP contribution >= 0.6 is 11.3 Å². The van der Waals surface area contributed by atoms with Crippen LogP contribution in [-0.4, -0.2) is 21.9 Å². The molecule has 0 spiro atoms. The molecule has 1 N–H and O–H groups in total. The fraction of sp³-hybridized carbons (Fsp3) is 0.0952. The van der Waals surface area contributed by atoms with Gasteiger partial charge >= 0.3 is 0 Å². The minimum Gasteiger partial charge on any atom is -0.320 e. The van der Waals surface area contributed by atoms with E-state index in [1.165, 1.54) is 11.3 Å². The molecule has 0 aliphatic carbocycles. The molecule has 30 heavy (non-hydrogen) atoms. The Morgan fingerprint density at radius 3 is 2.60 bits per heavy atom. The number of fused-ring (bicyclic) bond motifs is 1. The van der Waals surface area contributed by atoms with Crippen molar-refractivity contribution in [1.29, 1.82) is 0 Å². The van der Waals surface area contributed by atoms with Gasteiger partial charge in [0.05, 0.1) is 17.1 Å². The van der Waals surface area contributed by atoms with Gasteiger partial charge in [-0.15, -0.1) is 11.3 Å². The molecule has 3 aromatic heterocycles. The third kappa shape index (κ3) is 4.11. The molecule has 0 unspecified atom stereocenters. The third-order valence-corrected chi connectivity index (χ3v) is 5.50. The first-order valence-corrected chi connectivity index (χ1v) is 9.66. The molecule has 9 heteroatoms. The van der Waals surface area contributed by atoms with Gasteiger partial charge in [-0.25, -0.2) is 13.2 Å². The summed E-state index contributed by atoms with van der Waals surface area (Å²) in [5.74, 6) is -1.74. The van der Waals surface area contributed by atoms with Crippen molar-refractivity contribution < 1.29 is 18.0 Å². The Morgan fingerprint density at radius 1 is 1.10 bits per heavy atom. The number of amides is 1. The number of rotatable bonds is 5. The van der Waals surface area contributed by atoms with Crippen LogP contribution in [0.15, 0.2) is 65.8 Å². The van der Waals surface area contributed by atoms with Crippen molar-refractivity contribution in [3.8, 4) is 11.1 Å². The summed E-state index contributed by atoms with van der Waals surface area (Å²) in [7, 11) is 0. The van der Waals surface area contributed by atoms with Gasteiger partial charge in [0.1, 0.15) is 0 Å². The number of hydrogen-bond donors (Lipinski definition) is 1. The summed E-state index contributed by atoms with van der Waals surface area (Å²) in [5, 5.41) is 3.32. The van der Waals surface area contributed by atoms with Crippen LogP contribution in [0.25, 0.3) is 21.2 Å². The molecule has 3 heterocycles. The van der Waals surface area contributed by atoms with E-state index in [1.807, 2.05) is 30.3 Å². The van der Waals surface area contributed by atoms with Gasteiger partial charge in [-0.05, 0) is 46.8 Å². The van der Waals surface area contributed by atoms with Crippen LogP contribution in [0.3, 0.4) is 0 Å². The Labute approximate surface area is 172 Å². The molecule has 0 saturated heterocycles. The largest absolute Gasteiger partial charge is 0.320 e. The van der Waals surface area contributed by atoms with Crippen LogP contribution in [0, 0.1) is 5.82 Å². The molecule has 1 aromatic carbocycles. The van der Waals surface area contributed by atoms with Gasteiger partial charge in [-0.3, -0.25) is 14.6 Å². The number of alkyl halides is 2. The summed E-state index contributed by atoms with van der Waals surface area (Å²) in [4.78, 5) is 28.6. The maximum Gasteiger partial charge on any atom is 0.286 e. The van der Waals surface area contributed by atoms with Crippen LogP contribution in [0.5, 0.6) is 0 Å². The number of carbonyl (C=O) groups excluding carboxylic acids is 1. The van der Waals surface area contributed by atoms with Crippen LogP contribution in [-0.2, 0) is 6.54 Å². The summed E-state index contributed by atoms with van der Waals surface area (Å²) in [5.41, 5.74) is 0.711. The minimum atomic E-state index is -2.83. The zero-order chi connectivity index (χ0) is 21.3. The first kappa shape index (κ1) is 19.8. The maximum absolute atomic E-state index is 13.8. The Hall–Kier alpha value is -3.46. The molecule has 0 saturated carbocycles. The zero-order valence-electron chi connectivity index (χ0n) is 15.3. The van der Waals surface area contributed by atoms with Gasteiger partial charge in [-0.1, -0.05) is 6.07 Å². The van der Waals surface area contributed by atoms with Crippen molar-refractivity contribution >= 4 is 33.0 Å². The number of anilines is 1. The second kappa shape index (κ2) is 8.11. The first-order chi connectivity index (χ1) is 14.4. The van der Waals surface area contributed by atoms with Crippen molar-refractivity contribution in [3.63, 3.8) is 0 Å². The molecular weight excluding hydrogens is 415 g/mol. The van der Waals surface area contributed by atoms with E-state index in [-0.39, 0.29) is 5.69 Å². The lowest BCUT2D eigenvalue weighted by Gasteiger charge is -2.09. The number of halogens is 3. The topological polar surface area (TPSA) is 64.0 Å². The predicted octanol–water partition coefficient (Wildman–Crippen LogP) is 4.78. The molecule has 5 nitrogen and oxygen atoms in total. The number of aromatic nitrogens is 2. The number of benzene rings is 1. The molecule has 0 bridgehead atoms. The van der Waals surface area contributed by atoms with Gasteiger partial charge in [0.2, 0.25) is 0 Å². The third-order valence-electron chi connectivity index (χ3n) is 4.39. The highest BCUT2D eigenvalue weighted by molar-refractivity contribution is 7.20. The summed E-state index contributed by atoms with van der Waals surface area (Å²) in [6.07, 6.45) is 1.56. The number of pyridine rings is 2. The van der Waals surface area contributed by atoms with Crippen molar-refractivity contribution in [2.24, 2.45) is 0 Å². The minimum absolute atomic E-state index is 0.0762. The second-order valence-electron chi connectivity index (χ2n) is 6.48. The highest BCUT2D eigenvalue weighted by Crippen LogP contribution is 2.30. The smallest absolute Gasteiger partial charge is 0.286 e. The summed E-state index contributed by atoms with van der Waals surface area (Å²) in [6.45, 7) is -0.958. The van der Waals surface area contributed by atoms with Gasteiger partial charge < -0.3 is 9.88 Å². The lowest BCUT2D eigenvalue weighted by molar-refractivity contribution is 0.103. The fourth-order valence-electron chi connectivity index (χ4n) is 3.02. The van der Waals surface area contributed by atoms with E-state index in [4.69, 9.17) is 0 Å². The number of carbonyl (C=O) groups is 1. The van der Waals surface area contributed by atoms with Crippen molar-refractivity contribution in [3.05, 3.63) is 82.1 Å². The van der Waals surface area contributed by atoms with Crippen LogP contribution in [0.2, 0.25) is 0 Å². The van der Waals surface area contributed by atoms with Crippen LogP contribution in [0.4, 0.5) is 18.9 Å². The molecule has 0 aliphatic heterocycles. The highest BCUT2D eigenvalue weighted by Gasteiger charge is 2.15. The number of nitrogens with one attached hydrogen (secondary N) is 1. The van der Waals surface area contributed by atoms with E-state index in [0.29, 0.717) is 9.44 Å². The molecule has 4 aromatic rings. The van der Waals surface area contributed by atoms with Gasteiger partial charge in [-0.2, -0.15) is 0 Å². The standard InChI is InChI=1S/C21H14F3N3O2S/c22-16-9-15(10-27(21(16)29)11-19(23)24)26-20(28)18-8-14-7-13(1-2-17(14)30-18)12-3-5-25-6-4-12/h1-10,19H,11H2,(H,26,28). The van der Waals surface area contributed by atoms with E-state index in [2.05, 4.69) is 10.3 Å². The number of hydrogen-bond acceptors (Lipinski definition) is 4. The second-order valence-corrected chi connectivity index (χ2v) is 7.56. The van der Waals surface area contributed by atoms with E-state index >= 15 is 0 Å². The maximum atomic E-state index is 13.8. The molecular formula is C21H14F3N3O2S. The van der Waals surface area contributed by atoms with Crippen molar-refractivity contribution in [2.75, 3.05) is 5.32 Å². The zero-order valence-corrected chi connectivity index (χ0v) is 16.1. The molecule has 0 fully saturated rings. The first-order valence-electron chi connectivity index (χ1n) is 8.84. The van der Waals surface area contributed by atoms with Gasteiger partial charge in [0.15, 0.2) is 5.82 Å². The molecule has 0 atom stereocenters. The monoisotopic (exact) mass is 429 g/mol. The van der Waals surface area contributed by atoms with Crippen molar-refractivity contribution in [1.82, 2.24) is 9.55 Å². The lowest BCUT2D eigenvalue weighted by atomic mass is 10.1. The van der Waals surface area contributed by atoms with E-state index in [9.17, 15) is 22.8 Å². The van der Waals surface area contributed by atoms with E-state index in [0.717, 1.165) is 33.5 Å². The van der Waals surface area contributed by atoms with Crippen molar-refractivity contribution in [2.45, 2.75) is 13.0 Å². The van der Waals surface area contributed by atoms with Gasteiger partial charge in [0.25, 0.3) is 17.9 Å². The van der Waals surface area contributed by atoms with Crippen LogP contribution in [0.1, 0.15) is 9.67 Å². The Balaban J connectivity index is 1.61. The highest BCUT2D eigenvalue weighted by atomic mass is 32.1. The lowest BCUT2D eigenvalue weighted by Crippen LogP contribution is -2.26. The predicted molar refractivity (Wildman–Crippen MR) is 110 cm³/mol. The average Bonchev–Trinajstić information content (AvgIpc) is 3.15. The number of thiophene rings is 1.